The molecule has 0 aliphatic carbocycles. The Morgan fingerprint density at radius 3 is 2.21 bits per heavy atom. The molecule has 0 atom stereocenters. The number of ether oxygens (including phenoxy) is 2. The standard InChI is InChI=1S/C20H21NO2.C2H2O4/c1-14-7-10-18(13-15(14)2)22-11-12-23-19-6-4-5-17-9-8-16(3)21-20(17)19;3-1(4)2(5)6/h4-10,13H,11-12H2,1-3H3;(H,3,4)(H,5,6). The van der Waals surface area contributed by atoms with Crippen LogP contribution in [-0.4, -0.2) is 40.3 Å². The van der Waals surface area contributed by atoms with Crippen molar-refractivity contribution in [3.05, 3.63) is 65.4 Å². The number of rotatable bonds is 5. The summed E-state index contributed by atoms with van der Waals surface area (Å²) < 4.78 is 11.6. The molecule has 3 rings (SSSR count). The van der Waals surface area contributed by atoms with Gasteiger partial charge in [0, 0.05) is 11.1 Å². The SMILES string of the molecule is Cc1ccc2cccc(OCCOc3ccc(C)c(C)c3)c2n1.O=C(O)C(=O)O. The Kier molecular flexibility index (Phi) is 7.54. The number of nitrogens with zero attached hydrogens (tertiary/aromatic N) is 1. The van der Waals surface area contributed by atoms with Crippen LogP contribution in [0.5, 0.6) is 11.5 Å². The number of hydrogen-bond acceptors (Lipinski definition) is 5. The maximum Gasteiger partial charge on any atom is 0.414 e. The molecular formula is C22H23NO6. The highest BCUT2D eigenvalue weighted by Gasteiger charge is 2.05. The van der Waals surface area contributed by atoms with E-state index in [0.29, 0.717) is 13.2 Å². The number of benzene rings is 2. The zero-order chi connectivity index (χ0) is 21.4. The van der Waals surface area contributed by atoms with E-state index in [4.69, 9.17) is 29.3 Å². The molecule has 0 fully saturated rings. The first-order valence-electron chi connectivity index (χ1n) is 8.93. The predicted octanol–water partition coefficient (Wildman–Crippen LogP) is 3.77. The van der Waals surface area contributed by atoms with E-state index in [-0.39, 0.29) is 0 Å². The molecule has 2 aromatic carbocycles. The van der Waals surface area contributed by atoms with Crippen LogP contribution < -0.4 is 9.47 Å². The van der Waals surface area contributed by atoms with Gasteiger partial charge in [-0.15, -0.1) is 0 Å². The minimum atomic E-state index is -1.82. The lowest BCUT2D eigenvalue weighted by atomic mass is 10.1. The van der Waals surface area contributed by atoms with Crippen molar-refractivity contribution in [3.63, 3.8) is 0 Å². The molecule has 7 nitrogen and oxygen atoms in total. The Hall–Kier alpha value is -3.61. The number of carboxylic acids is 2. The van der Waals surface area contributed by atoms with Crippen LogP contribution in [0.1, 0.15) is 16.8 Å². The van der Waals surface area contributed by atoms with Crippen molar-refractivity contribution in [3.8, 4) is 11.5 Å². The molecule has 0 spiro atoms. The Morgan fingerprint density at radius 2 is 1.55 bits per heavy atom. The summed E-state index contributed by atoms with van der Waals surface area (Å²) in [6.07, 6.45) is 0. The molecule has 7 heteroatoms. The number of aryl methyl sites for hydroxylation is 3. The van der Waals surface area contributed by atoms with Crippen molar-refractivity contribution in [1.82, 2.24) is 4.98 Å². The molecule has 152 valence electrons. The smallest absolute Gasteiger partial charge is 0.414 e. The highest BCUT2D eigenvalue weighted by molar-refractivity contribution is 6.27. The van der Waals surface area contributed by atoms with Gasteiger partial charge in [0.2, 0.25) is 0 Å². The van der Waals surface area contributed by atoms with E-state index >= 15 is 0 Å². The fourth-order valence-electron chi connectivity index (χ4n) is 2.45. The van der Waals surface area contributed by atoms with Crippen LogP contribution in [0.15, 0.2) is 48.5 Å². The summed E-state index contributed by atoms with van der Waals surface area (Å²) in [5.74, 6) is -1.97. The molecule has 0 aliphatic heterocycles. The molecule has 0 bridgehead atoms. The second-order valence-corrected chi connectivity index (χ2v) is 6.33. The third kappa shape index (κ3) is 6.49. The van der Waals surface area contributed by atoms with E-state index in [1.807, 2.05) is 37.3 Å². The van der Waals surface area contributed by atoms with Gasteiger partial charge < -0.3 is 19.7 Å². The van der Waals surface area contributed by atoms with Gasteiger partial charge in [-0.25, -0.2) is 14.6 Å². The number of para-hydroxylation sites is 1. The van der Waals surface area contributed by atoms with Gasteiger partial charge in [-0.1, -0.05) is 24.3 Å². The molecule has 29 heavy (non-hydrogen) atoms. The number of fused-ring (bicyclic) bond motifs is 1. The molecule has 1 aromatic heterocycles. The fraction of sp³-hybridized carbons (Fsp3) is 0.227. The maximum atomic E-state index is 9.10. The van der Waals surface area contributed by atoms with E-state index in [2.05, 4.69) is 37.0 Å². The second kappa shape index (κ2) is 10.1. The van der Waals surface area contributed by atoms with Gasteiger partial charge in [0.15, 0.2) is 0 Å². The Bertz CT molecular complexity index is 1000. The molecule has 0 saturated carbocycles. The first kappa shape index (κ1) is 21.7. The topological polar surface area (TPSA) is 106 Å². The molecule has 0 saturated heterocycles. The molecule has 0 radical (unpaired) electrons. The molecule has 3 aromatic rings. The van der Waals surface area contributed by atoms with Gasteiger partial charge in [0.1, 0.15) is 30.2 Å². The maximum absolute atomic E-state index is 9.10. The lowest BCUT2D eigenvalue weighted by Crippen LogP contribution is -2.09. The molecule has 2 N–H and O–H groups in total. The summed E-state index contributed by atoms with van der Waals surface area (Å²) in [5.41, 5.74) is 4.39. The monoisotopic (exact) mass is 397 g/mol. The Morgan fingerprint density at radius 1 is 0.862 bits per heavy atom. The second-order valence-electron chi connectivity index (χ2n) is 6.33. The molecule has 0 amide bonds. The van der Waals surface area contributed by atoms with Crippen LogP contribution in [0.2, 0.25) is 0 Å². The van der Waals surface area contributed by atoms with Gasteiger partial charge in [0.05, 0.1) is 0 Å². The summed E-state index contributed by atoms with van der Waals surface area (Å²) in [5, 5.41) is 15.9. The van der Waals surface area contributed by atoms with Crippen LogP contribution in [0.4, 0.5) is 0 Å². The van der Waals surface area contributed by atoms with Gasteiger partial charge >= 0.3 is 11.9 Å². The minimum absolute atomic E-state index is 0.488. The van der Waals surface area contributed by atoms with Crippen molar-refractivity contribution in [2.75, 3.05) is 13.2 Å². The van der Waals surface area contributed by atoms with Crippen LogP contribution in [0.3, 0.4) is 0 Å². The number of aromatic nitrogens is 1. The number of hydrogen-bond donors (Lipinski definition) is 2. The molecule has 0 unspecified atom stereocenters. The minimum Gasteiger partial charge on any atom is -0.490 e. The van der Waals surface area contributed by atoms with Gasteiger partial charge in [-0.05, 0) is 56.2 Å². The summed E-state index contributed by atoms with van der Waals surface area (Å²) >= 11 is 0. The van der Waals surface area contributed by atoms with Gasteiger partial charge in [-0.2, -0.15) is 0 Å². The number of carboxylic acid groups (broad SMARTS) is 2. The number of pyridine rings is 1. The van der Waals surface area contributed by atoms with Crippen molar-refractivity contribution < 1.29 is 29.3 Å². The zero-order valence-corrected chi connectivity index (χ0v) is 16.5. The fourth-order valence-corrected chi connectivity index (χ4v) is 2.45. The normalized spacial score (nSPS) is 10.0. The highest BCUT2D eigenvalue weighted by atomic mass is 16.5. The van der Waals surface area contributed by atoms with Crippen LogP contribution >= 0.6 is 0 Å². The molecular weight excluding hydrogens is 374 g/mol. The largest absolute Gasteiger partial charge is 0.490 e. The van der Waals surface area contributed by atoms with Crippen LogP contribution in [0.25, 0.3) is 10.9 Å². The first-order valence-corrected chi connectivity index (χ1v) is 8.93. The Balaban J connectivity index is 0.000000438. The summed E-state index contributed by atoms with van der Waals surface area (Å²) in [4.78, 5) is 22.8. The third-order valence-electron chi connectivity index (χ3n) is 4.09. The highest BCUT2D eigenvalue weighted by Crippen LogP contribution is 2.24. The number of aliphatic carboxylic acids is 2. The lowest BCUT2D eigenvalue weighted by molar-refractivity contribution is -0.159. The average molecular weight is 397 g/mol. The summed E-state index contributed by atoms with van der Waals surface area (Å²) in [6, 6.07) is 16.2. The predicted molar refractivity (Wildman–Crippen MR) is 109 cm³/mol. The van der Waals surface area contributed by atoms with Crippen LogP contribution in [-0.2, 0) is 9.59 Å². The van der Waals surface area contributed by atoms with Crippen molar-refractivity contribution in [2.45, 2.75) is 20.8 Å². The summed E-state index contributed by atoms with van der Waals surface area (Å²) in [6.45, 7) is 7.16. The number of carbonyl (C=O) groups is 2. The zero-order valence-electron chi connectivity index (χ0n) is 16.5. The van der Waals surface area contributed by atoms with E-state index in [9.17, 15) is 0 Å². The quantitative estimate of drug-likeness (QED) is 0.498. The van der Waals surface area contributed by atoms with Gasteiger partial charge in [-0.3, -0.25) is 0 Å². The van der Waals surface area contributed by atoms with E-state index in [1.165, 1.54) is 11.1 Å². The molecule has 1 heterocycles. The van der Waals surface area contributed by atoms with Crippen molar-refractivity contribution >= 4 is 22.8 Å². The summed E-state index contributed by atoms with van der Waals surface area (Å²) in [7, 11) is 0. The first-order chi connectivity index (χ1) is 13.8. The van der Waals surface area contributed by atoms with E-state index in [1.54, 1.807) is 0 Å². The van der Waals surface area contributed by atoms with E-state index in [0.717, 1.165) is 28.1 Å². The van der Waals surface area contributed by atoms with Crippen LogP contribution in [0, 0.1) is 20.8 Å². The lowest BCUT2D eigenvalue weighted by Gasteiger charge is -2.11. The van der Waals surface area contributed by atoms with Crippen molar-refractivity contribution in [1.29, 1.82) is 0 Å². The van der Waals surface area contributed by atoms with Gasteiger partial charge in [0.25, 0.3) is 0 Å². The third-order valence-corrected chi connectivity index (χ3v) is 4.09. The average Bonchev–Trinajstić information content (AvgIpc) is 2.68. The molecule has 0 aliphatic rings. The van der Waals surface area contributed by atoms with Crippen molar-refractivity contribution in [2.24, 2.45) is 0 Å². The van der Waals surface area contributed by atoms with E-state index < -0.39 is 11.9 Å². The Labute approximate surface area is 168 Å².